The molecule has 0 aliphatic rings. The number of esters is 1. The number of ether oxygens (including phenoxy) is 3. The highest BCUT2D eigenvalue weighted by Crippen LogP contribution is 2.34. The molecule has 0 unspecified atom stereocenters. The summed E-state index contributed by atoms with van der Waals surface area (Å²) in [6, 6.07) is 19.2. The molecule has 4 aromatic rings. The van der Waals surface area contributed by atoms with Gasteiger partial charge in [0.25, 0.3) is 0 Å². The standard InChI is InChI=1S/C33H37FN2O5/c1-32(2,3)40-29(37)19-21-8-14-25-26-15-11-23(35-31(38)41-33(4,5)6)20-28(26)36(7)30(27(25)18-21)22-9-12-24(13-10-22)39-17-16-34/h8-15,18,20H,16-17,19H2,1-7H3/p+1. The summed E-state index contributed by atoms with van der Waals surface area (Å²) in [6.07, 6.45) is -0.389. The van der Waals surface area contributed by atoms with Crippen LogP contribution in [0.1, 0.15) is 47.1 Å². The molecule has 4 rings (SSSR count). The maximum atomic E-state index is 12.6. The third kappa shape index (κ3) is 7.51. The number of fused-ring (bicyclic) bond motifs is 3. The number of rotatable bonds is 7. The molecular formula is C33H38FN2O5+. The van der Waals surface area contributed by atoms with Gasteiger partial charge in [-0.05, 0) is 89.6 Å². The molecule has 0 aliphatic carbocycles. The highest BCUT2D eigenvalue weighted by molar-refractivity contribution is 6.10. The number of aryl methyl sites for hydroxylation is 1. The molecule has 1 heterocycles. The topological polar surface area (TPSA) is 77.7 Å². The molecular weight excluding hydrogens is 523 g/mol. The number of hydrogen-bond acceptors (Lipinski definition) is 5. The molecule has 41 heavy (non-hydrogen) atoms. The van der Waals surface area contributed by atoms with Gasteiger partial charge in [0.15, 0.2) is 0 Å². The fraction of sp³-hybridized carbons (Fsp3) is 0.364. The Bertz CT molecular complexity index is 1580. The Labute approximate surface area is 240 Å². The Kier molecular flexibility index (Phi) is 8.52. The molecule has 1 aromatic heterocycles. The average molecular weight is 562 g/mol. The summed E-state index contributed by atoms with van der Waals surface area (Å²) < 4.78 is 31.1. The number of alkyl halides is 1. The van der Waals surface area contributed by atoms with Gasteiger partial charge in [0.2, 0.25) is 11.2 Å². The van der Waals surface area contributed by atoms with Crippen LogP contribution in [0.3, 0.4) is 0 Å². The summed E-state index contributed by atoms with van der Waals surface area (Å²) in [6.45, 7) is 10.4. The lowest BCUT2D eigenvalue weighted by molar-refractivity contribution is -0.632. The van der Waals surface area contributed by atoms with E-state index in [0.717, 1.165) is 38.5 Å². The maximum absolute atomic E-state index is 12.6. The first-order valence-electron chi connectivity index (χ1n) is 13.6. The Balaban J connectivity index is 1.85. The van der Waals surface area contributed by atoms with Gasteiger partial charge in [-0.3, -0.25) is 10.1 Å². The molecule has 0 aliphatic heterocycles. The molecule has 216 valence electrons. The van der Waals surface area contributed by atoms with Crippen LogP contribution in [-0.2, 0) is 27.7 Å². The molecule has 1 N–H and O–H groups in total. The molecule has 0 bridgehead atoms. The van der Waals surface area contributed by atoms with Crippen molar-refractivity contribution in [1.29, 1.82) is 0 Å². The largest absolute Gasteiger partial charge is 0.491 e. The molecule has 7 nitrogen and oxygen atoms in total. The van der Waals surface area contributed by atoms with E-state index >= 15 is 0 Å². The number of nitrogens with zero attached hydrogens (tertiary/aromatic N) is 1. The highest BCUT2D eigenvalue weighted by atomic mass is 19.1. The lowest BCUT2D eigenvalue weighted by Gasteiger charge is -2.20. The van der Waals surface area contributed by atoms with E-state index in [4.69, 9.17) is 14.2 Å². The Morgan fingerprint density at radius 1 is 0.829 bits per heavy atom. The summed E-state index contributed by atoms with van der Waals surface area (Å²) in [5.41, 5.74) is 2.95. The lowest BCUT2D eigenvalue weighted by atomic mass is 9.96. The number of carbonyl (C=O) groups is 2. The molecule has 0 saturated carbocycles. The van der Waals surface area contributed by atoms with Crippen LogP contribution in [0.4, 0.5) is 14.9 Å². The fourth-order valence-corrected chi connectivity index (χ4v) is 4.73. The van der Waals surface area contributed by atoms with Crippen molar-refractivity contribution in [3.63, 3.8) is 0 Å². The Hall–Kier alpha value is -4.20. The number of hydrogen-bond donors (Lipinski definition) is 1. The van der Waals surface area contributed by atoms with E-state index in [9.17, 15) is 14.0 Å². The minimum Gasteiger partial charge on any atom is -0.491 e. The molecule has 0 atom stereocenters. The normalized spacial score (nSPS) is 11.9. The average Bonchev–Trinajstić information content (AvgIpc) is 2.86. The van der Waals surface area contributed by atoms with Gasteiger partial charge in [-0.25, -0.2) is 9.18 Å². The number of benzene rings is 3. The van der Waals surface area contributed by atoms with Gasteiger partial charge in [-0.15, -0.1) is 0 Å². The zero-order chi connectivity index (χ0) is 29.9. The smallest absolute Gasteiger partial charge is 0.412 e. The van der Waals surface area contributed by atoms with Crippen molar-refractivity contribution < 1.29 is 32.8 Å². The fourth-order valence-electron chi connectivity index (χ4n) is 4.73. The predicted octanol–water partition coefficient (Wildman–Crippen LogP) is 7.06. The number of aromatic nitrogens is 1. The van der Waals surface area contributed by atoms with Crippen molar-refractivity contribution in [3.05, 3.63) is 66.2 Å². The van der Waals surface area contributed by atoms with E-state index < -0.39 is 24.0 Å². The summed E-state index contributed by atoms with van der Waals surface area (Å²) in [5, 5.41) is 5.75. The van der Waals surface area contributed by atoms with Crippen LogP contribution in [0.5, 0.6) is 5.75 Å². The summed E-state index contributed by atoms with van der Waals surface area (Å²) in [5.74, 6) is 0.282. The first-order chi connectivity index (χ1) is 19.2. The highest BCUT2D eigenvalue weighted by Gasteiger charge is 2.24. The zero-order valence-corrected chi connectivity index (χ0v) is 24.8. The van der Waals surface area contributed by atoms with E-state index in [0.29, 0.717) is 11.4 Å². The summed E-state index contributed by atoms with van der Waals surface area (Å²) in [4.78, 5) is 25.1. The van der Waals surface area contributed by atoms with Crippen molar-refractivity contribution in [3.8, 4) is 17.0 Å². The quantitative estimate of drug-likeness (QED) is 0.148. The molecule has 0 radical (unpaired) electrons. The first-order valence-corrected chi connectivity index (χ1v) is 13.6. The van der Waals surface area contributed by atoms with Crippen molar-refractivity contribution in [1.82, 2.24) is 0 Å². The van der Waals surface area contributed by atoms with Crippen molar-refractivity contribution >= 4 is 39.4 Å². The van der Waals surface area contributed by atoms with Crippen LogP contribution in [0, 0.1) is 0 Å². The SMILES string of the molecule is C[n+]1c(-c2ccc(OCCF)cc2)c2cc(CC(=O)OC(C)(C)C)ccc2c2ccc(NC(=O)OC(C)(C)C)cc21. The van der Waals surface area contributed by atoms with Crippen LogP contribution in [-0.4, -0.2) is 36.5 Å². The molecule has 0 saturated heterocycles. The minimum absolute atomic E-state index is 0.00647. The van der Waals surface area contributed by atoms with Gasteiger partial charge >= 0.3 is 12.1 Å². The van der Waals surface area contributed by atoms with Crippen LogP contribution in [0.25, 0.3) is 32.9 Å². The van der Waals surface area contributed by atoms with E-state index in [-0.39, 0.29) is 19.0 Å². The number of nitrogens with one attached hydrogen (secondary N) is 1. The van der Waals surface area contributed by atoms with Crippen LogP contribution >= 0.6 is 0 Å². The van der Waals surface area contributed by atoms with Crippen molar-refractivity contribution in [2.45, 2.75) is 59.2 Å². The second-order valence-electron chi connectivity index (χ2n) is 12.0. The first kappa shape index (κ1) is 29.8. The molecule has 3 aromatic carbocycles. The molecule has 8 heteroatoms. The van der Waals surface area contributed by atoms with Crippen molar-refractivity contribution in [2.24, 2.45) is 7.05 Å². The van der Waals surface area contributed by atoms with Gasteiger partial charge in [-0.1, -0.05) is 12.1 Å². The van der Waals surface area contributed by atoms with Crippen LogP contribution in [0.15, 0.2) is 60.7 Å². The van der Waals surface area contributed by atoms with E-state index in [1.54, 1.807) is 0 Å². The zero-order valence-electron chi connectivity index (χ0n) is 24.8. The number of amides is 1. The molecule has 0 fully saturated rings. The van der Waals surface area contributed by atoms with E-state index in [2.05, 4.69) is 9.88 Å². The number of anilines is 1. The van der Waals surface area contributed by atoms with Gasteiger partial charge in [-0.2, -0.15) is 4.57 Å². The van der Waals surface area contributed by atoms with Gasteiger partial charge in [0.05, 0.1) is 22.9 Å². The second kappa shape index (κ2) is 11.7. The number of carbonyl (C=O) groups excluding carboxylic acids is 2. The van der Waals surface area contributed by atoms with Gasteiger partial charge in [0, 0.05) is 17.0 Å². The molecule has 0 spiro atoms. The van der Waals surface area contributed by atoms with Crippen LogP contribution < -0.4 is 14.6 Å². The van der Waals surface area contributed by atoms with Crippen molar-refractivity contribution in [2.75, 3.05) is 18.6 Å². The number of halogens is 1. The third-order valence-corrected chi connectivity index (χ3v) is 6.21. The minimum atomic E-state index is -0.619. The Morgan fingerprint density at radius 3 is 2.12 bits per heavy atom. The van der Waals surface area contributed by atoms with E-state index in [1.807, 2.05) is 109 Å². The summed E-state index contributed by atoms with van der Waals surface area (Å²) >= 11 is 0. The maximum Gasteiger partial charge on any atom is 0.412 e. The second-order valence-corrected chi connectivity index (χ2v) is 12.0. The predicted molar refractivity (Wildman–Crippen MR) is 159 cm³/mol. The molecule has 1 amide bonds. The monoisotopic (exact) mass is 561 g/mol. The Morgan fingerprint density at radius 2 is 1.49 bits per heavy atom. The lowest BCUT2D eigenvalue weighted by Crippen LogP contribution is -2.33. The summed E-state index contributed by atoms with van der Waals surface area (Å²) in [7, 11) is 1.96. The van der Waals surface area contributed by atoms with Crippen LogP contribution in [0.2, 0.25) is 0 Å². The third-order valence-electron chi connectivity index (χ3n) is 6.21. The van der Waals surface area contributed by atoms with Gasteiger partial charge in [0.1, 0.15) is 37.3 Å². The number of pyridine rings is 1. The van der Waals surface area contributed by atoms with Gasteiger partial charge < -0.3 is 14.2 Å². The van der Waals surface area contributed by atoms with E-state index in [1.165, 1.54) is 0 Å².